The predicted molar refractivity (Wildman–Crippen MR) is 117 cm³/mol. The van der Waals surface area contributed by atoms with Crippen LogP contribution in [0, 0.1) is 0 Å². The molecule has 4 aromatic rings. The standard InChI is InChI=1S/C24H17ClN2O2/c25-20-12-6-5-11-18(20)22-15-21(26-27(22)17-9-2-1-3-10-17)19-14-16-8-4-7-13-23(16)29-24(19)28/h1-14,22H,15H2/t22-/m0/s1. The quantitative estimate of drug-likeness (QED) is 0.408. The fourth-order valence-electron chi connectivity index (χ4n) is 3.74. The average Bonchev–Trinajstić information content (AvgIpc) is 3.19. The Balaban J connectivity index is 1.64. The molecule has 0 N–H and O–H groups in total. The first-order chi connectivity index (χ1) is 14.2. The van der Waals surface area contributed by atoms with Crippen molar-refractivity contribution in [2.24, 2.45) is 5.10 Å². The summed E-state index contributed by atoms with van der Waals surface area (Å²) in [6.07, 6.45) is 0.557. The average molecular weight is 401 g/mol. The normalized spacial score (nSPS) is 16.2. The topological polar surface area (TPSA) is 45.8 Å². The van der Waals surface area contributed by atoms with Gasteiger partial charge in [-0.25, -0.2) is 4.79 Å². The van der Waals surface area contributed by atoms with E-state index in [1.807, 2.05) is 83.9 Å². The van der Waals surface area contributed by atoms with Crippen LogP contribution in [0.2, 0.25) is 5.02 Å². The van der Waals surface area contributed by atoms with Crippen LogP contribution in [-0.2, 0) is 0 Å². The molecule has 0 saturated carbocycles. The van der Waals surface area contributed by atoms with E-state index in [9.17, 15) is 4.79 Å². The third-order valence-corrected chi connectivity index (χ3v) is 5.49. The van der Waals surface area contributed by atoms with Gasteiger partial charge in [0, 0.05) is 16.8 Å². The lowest BCUT2D eigenvalue weighted by Crippen LogP contribution is -2.18. The minimum Gasteiger partial charge on any atom is -0.422 e. The zero-order chi connectivity index (χ0) is 19.8. The molecular formula is C24H17ClN2O2. The summed E-state index contributed by atoms with van der Waals surface area (Å²) in [4.78, 5) is 12.7. The van der Waals surface area contributed by atoms with Crippen molar-refractivity contribution in [1.82, 2.24) is 0 Å². The molecule has 3 aromatic carbocycles. The number of hydrogen-bond donors (Lipinski definition) is 0. The molecule has 5 rings (SSSR count). The van der Waals surface area contributed by atoms with Gasteiger partial charge in [-0.1, -0.05) is 66.2 Å². The molecule has 0 fully saturated rings. The molecule has 0 radical (unpaired) electrons. The van der Waals surface area contributed by atoms with Crippen molar-refractivity contribution in [1.29, 1.82) is 0 Å². The molecule has 1 aromatic heterocycles. The highest BCUT2D eigenvalue weighted by Gasteiger charge is 2.32. The van der Waals surface area contributed by atoms with E-state index in [-0.39, 0.29) is 11.7 Å². The Morgan fingerprint density at radius 2 is 1.66 bits per heavy atom. The van der Waals surface area contributed by atoms with Gasteiger partial charge in [-0.2, -0.15) is 5.10 Å². The summed E-state index contributed by atoms with van der Waals surface area (Å²) in [6.45, 7) is 0. The molecule has 142 valence electrons. The third-order valence-electron chi connectivity index (χ3n) is 5.15. The van der Waals surface area contributed by atoms with E-state index >= 15 is 0 Å². The number of hydrogen-bond acceptors (Lipinski definition) is 4. The Hall–Kier alpha value is -3.37. The summed E-state index contributed by atoms with van der Waals surface area (Å²) in [5.41, 5.74) is 3.29. The second-order valence-electron chi connectivity index (χ2n) is 6.95. The van der Waals surface area contributed by atoms with Gasteiger partial charge in [-0.15, -0.1) is 0 Å². The van der Waals surface area contributed by atoms with Crippen LogP contribution in [0.15, 0.2) is 99.2 Å². The molecule has 1 aliphatic rings. The first-order valence-corrected chi connectivity index (χ1v) is 9.78. The Kier molecular flexibility index (Phi) is 4.41. The van der Waals surface area contributed by atoms with Crippen LogP contribution < -0.4 is 10.6 Å². The molecule has 0 amide bonds. The van der Waals surface area contributed by atoms with Crippen LogP contribution in [-0.4, -0.2) is 5.71 Å². The van der Waals surface area contributed by atoms with Gasteiger partial charge in [0.2, 0.25) is 0 Å². The Labute approximate surface area is 172 Å². The fourth-order valence-corrected chi connectivity index (χ4v) is 4.00. The van der Waals surface area contributed by atoms with Crippen LogP contribution in [0.25, 0.3) is 11.0 Å². The summed E-state index contributed by atoms with van der Waals surface area (Å²) in [6, 6.07) is 26.9. The van der Waals surface area contributed by atoms with Gasteiger partial charge in [-0.05, 0) is 35.9 Å². The van der Waals surface area contributed by atoms with E-state index in [1.165, 1.54) is 0 Å². The number of para-hydroxylation sites is 2. The van der Waals surface area contributed by atoms with E-state index < -0.39 is 0 Å². The largest absolute Gasteiger partial charge is 0.422 e. The molecule has 4 nitrogen and oxygen atoms in total. The number of anilines is 1. The second-order valence-corrected chi connectivity index (χ2v) is 7.36. The second kappa shape index (κ2) is 7.22. The highest BCUT2D eigenvalue weighted by Crippen LogP contribution is 2.39. The number of rotatable bonds is 3. The first kappa shape index (κ1) is 17.7. The molecular weight excluding hydrogens is 384 g/mol. The third kappa shape index (κ3) is 3.22. The maximum absolute atomic E-state index is 12.7. The molecule has 1 aliphatic heterocycles. The molecule has 1 atom stereocenters. The van der Waals surface area contributed by atoms with Crippen LogP contribution in [0.1, 0.15) is 23.6 Å². The Morgan fingerprint density at radius 3 is 2.48 bits per heavy atom. The van der Waals surface area contributed by atoms with Gasteiger partial charge >= 0.3 is 5.63 Å². The number of fused-ring (bicyclic) bond motifs is 1. The maximum atomic E-state index is 12.7. The molecule has 5 heteroatoms. The molecule has 29 heavy (non-hydrogen) atoms. The number of nitrogens with zero attached hydrogens (tertiary/aromatic N) is 2. The molecule has 0 unspecified atom stereocenters. The lowest BCUT2D eigenvalue weighted by atomic mass is 9.98. The van der Waals surface area contributed by atoms with Crippen molar-refractivity contribution in [3.8, 4) is 0 Å². The molecule has 0 aliphatic carbocycles. The van der Waals surface area contributed by atoms with Gasteiger partial charge in [0.25, 0.3) is 0 Å². The number of halogens is 1. The summed E-state index contributed by atoms with van der Waals surface area (Å²) in [5.74, 6) is 0. The molecule has 0 bridgehead atoms. The zero-order valence-corrected chi connectivity index (χ0v) is 16.2. The Bertz CT molecular complexity index is 1280. The van der Waals surface area contributed by atoms with Crippen molar-refractivity contribution >= 4 is 34.0 Å². The minimum atomic E-state index is -0.379. The van der Waals surface area contributed by atoms with Crippen LogP contribution >= 0.6 is 11.6 Å². The van der Waals surface area contributed by atoms with Gasteiger partial charge in [-0.3, -0.25) is 5.01 Å². The zero-order valence-electron chi connectivity index (χ0n) is 15.5. The van der Waals surface area contributed by atoms with Gasteiger partial charge in [0.1, 0.15) is 5.58 Å². The van der Waals surface area contributed by atoms with E-state index in [0.717, 1.165) is 16.6 Å². The van der Waals surface area contributed by atoms with Gasteiger partial charge < -0.3 is 4.42 Å². The van der Waals surface area contributed by atoms with E-state index in [1.54, 1.807) is 6.07 Å². The van der Waals surface area contributed by atoms with Crippen molar-refractivity contribution < 1.29 is 4.42 Å². The van der Waals surface area contributed by atoms with Gasteiger partial charge in [0.05, 0.1) is 23.0 Å². The van der Waals surface area contributed by atoms with Crippen LogP contribution in [0.5, 0.6) is 0 Å². The number of benzene rings is 3. The molecule has 0 spiro atoms. The smallest absolute Gasteiger partial charge is 0.345 e. The Morgan fingerprint density at radius 1 is 0.931 bits per heavy atom. The van der Waals surface area contributed by atoms with Gasteiger partial charge in [0.15, 0.2) is 0 Å². The number of hydrazone groups is 1. The van der Waals surface area contributed by atoms with E-state index in [4.69, 9.17) is 21.1 Å². The summed E-state index contributed by atoms with van der Waals surface area (Å²) < 4.78 is 5.53. The lowest BCUT2D eigenvalue weighted by Gasteiger charge is -2.24. The molecule has 0 saturated heterocycles. The predicted octanol–water partition coefficient (Wildman–Crippen LogP) is 5.80. The van der Waals surface area contributed by atoms with Crippen molar-refractivity contribution in [2.45, 2.75) is 12.5 Å². The highest BCUT2D eigenvalue weighted by molar-refractivity contribution is 6.31. The fraction of sp³-hybridized carbons (Fsp3) is 0.0833. The van der Waals surface area contributed by atoms with Crippen molar-refractivity contribution in [2.75, 3.05) is 5.01 Å². The summed E-state index contributed by atoms with van der Waals surface area (Å²) >= 11 is 6.50. The van der Waals surface area contributed by atoms with Crippen LogP contribution in [0.3, 0.4) is 0 Å². The molecule has 2 heterocycles. The van der Waals surface area contributed by atoms with Crippen molar-refractivity contribution in [3.63, 3.8) is 0 Å². The van der Waals surface area contributed by atoms with Crippen LogP contribution in [0.4, 0.5) is 5.69 Å². The first-order valence-electron chi connectivity index (χ1n) is 9.40. The SMILES string of the molecule is O=c1oc2ccccc2cc1C1=NN(c2ccccc2)[C@H](c2ccccc2Cl)C1. The maximum Gasteiger partial charge on any atom is 0.345 e. The summed E-state index contributed by atoms with van der Waals surface area (Å²) in [5, 5.41) is 8.32. The van der Waals surface area contributed by atoms with E-state index in [0.29, 0.717) is 28.3 Å². The highest BCUT2D eigenvalue weighted by atomic mass is 35.5. The minimum absolute atomic E-state index is 0.105. The monoisotopic (exact) mass is 400 g/mol. The van der Waals surface area contributed by atoms with Crippen molar-refractivity contribution in [3.05, 3.63) is 111 Å². The van der Waals surface area contributed by atoms with E-state index in [2.05, 4.69) is 0 Å². The lowest BCUT2D eigenvalue weighted by molar-refractivity contribution is 0.559. The summed E-state index contributed by atoms with van der Waals surface area (Å²) in [7, 11) is 0.